The summed E-state index contributed by atoms with van der Waals surface area (Å²) >= 11 is 0. The summed E-state index contributed by atoms with van der Waals surface area (Å²) in [4.78, 5) is 12.1. The van der Waals surface area contributed by atoms with E-state index in [1.165, 1.54) is 12.1 Å². The van der Waals surface area contributed by atoms with Crippen LogP contribution >= 0.6 is 0 Å². The van der Waals surface area contributed by atoms with E-state index >= 15 is 0 Å². The molecule has 2 aromatic rings. The van der Waals surface area contributed by atoms with Crippen LogP contribution in [0.2, 0.25) is 0 Å². The van der Waals surface area contributed by atoms with Crippen LogP contribution in [-0.4, -0.2) is 19.2 Å². The minimum atomic E-state index is -0.467. The maximum absolute atomic E-state index is 13.6. The maximum atomic E-state index is 13.6. The number of para-hydroxylation sites is 1. The van der Waals surface area contributed by atoms with Gasteiger partial charge in [0.1, 0.15) is 17.3 Å². The first-order valence-corrected chi connectivity index (χ1v) is 7.95. The van der Waals surface area contributed by atoms with E-state index in [0.717, 1.165) is 41.0 Å². The van der Waals surface area contributed by atoms with E-state index in [2.05, 4.69) is 10.6 Å². The topological polar surface area (TPSA) is 59.6 Å². The molecule has 0 aliphatic carbocycles. The number of hydrogen-bond donors (Lipinski definition) is 2. The summed E-state index contributed by atoms with van der Waals surface area (Å²) in [6, 6.07) is 7.64. The van der Waals surface area contributed by atoms with Crippen LogP contribution in [0, 0.1) is 5.82 Å². The summed E-state index contributed by atoms with van der Waals surface area (Å²) < 4.78 is 25.0. The highest BCUT2D eigenvalue weighted by molar-refractivity contribution is 5.89. The fourth-order valence-electron chi connectivity index (χ4n) is 3.17. The van der Waals surface area contributed by atoms with E-state index in [-0.39, 0.29) is 5.69 Å². The summed E-state index contributed by atoms with van der Waals surface area (Å²) in [6.45, 7) is 1.61. The zero-order valence-electron chi connectivity index (χ0n) is 13.0. The molecule has 0 bridgehead atoms. The molecule has 4 rings (SSSR count). The number of hydrogen-bond acceptors (Lipinski definition) is 3. The number of fused-ring (bicyclic) bond motifs is 2. The third-order valence-electron chi connectivity index (χ3n) is 4.31. The molecule has 2 aliphatic rings. The lowest BCUT2D eigenvalue weighted by Gasteiger charge is -2.14. The van der Waals surface area contributed by atoms with Crippen LogP contribution in [-0.2, 0) is 19.4 Å². The Labute approximate surface area is 138 Å². The second-order valence-electron chi connectivity index (χ2n) is 5.80. The van der Waals surface area contributed by atoms with Crippen molar-refractivity contribution in [1.82, 2.24) is 5.32 Å². The number of ether oxygens (including phenoxy) is 2. The van der Waals surface area contributed by atoms with Crippen molar-refractivity contribution in [3.8, 4) is 11.5 Å². The van der Waals surface area contributed by atoms with Crippen molar-refractivity contribution in [2.45, 2.75) is 19.4 Å². The van der Waals surface area contributed by atoms with Gasteiger partial charge in [0, 0.05) is 36.1 Å². The second kappa shape index (κ2) is 6.03. The molecule has 2 aliphatic heterocycles. The third-order valence-corrected chi connectivity index (χ3v) is 4.31. The van der Waals surface area contributed by atoms with Gasteiger partial charge in [-0.2, -0.15) is 0 Å². The average Bonchev–Trinajstić information content (AvgIpc) is 3.22. The van der Waals surface area contributed by atoms with Gasteiger partial charge in [-0.3, -0.25) is 0 Å². The highest BCUT2D eigenvalue weighted by atomic mass is 19.1. The highest BCUT2D eigenvalue weighted by Crippen LogP contribution is 2.40. The van der Waals surface area contributed by atoms with E-state index in [0.29, 0.717) is 19.8 Å². The number of anilines is 1. The van der Waals surface area contributed by atoms with Crippen LogP contribution in [0.3, 0.4) is 0 Å². The number of halogens is 1. The summed E-state index contributed by atoms with van der Waals surface area (Å²) in [5.74, 6) is 1.27. The Morgan fingerprint density at radius 2 is 2.00 bits per heavy atom. The van der Waals surface area contributed by atoms with Crippen molar-refractivity contribution in [2.24, 2.45) is 0 Å². The fourth-order valence-corrected chi connectivity index (χ4v) is 3.17. The maximum Gasteiger partial charge on any atom is 0.319 e. The van der Waals surface area contributed by atoms with Gasteiger partial charge in [-0.15, -0.1) is 0 Å². The standard InChI is InChI=1S/C18H17FN2O3/c19-14-3-1-2-4-15(14)21-18(22)20-10-13-12-6-8-23-16(12)9-11-5-7-24-17(11)13/h1-4,9H,5-8,10H2,(H2,20,21,22). The number of rotatable bonds is 3. The Balaban J connectivity index is 1.50. The first-order chi connectivity index (χ1) is 11.7. The zero-order valence-corrected chi connectivity index (χ0v) is 13.0. The lowest BCUT2D eigenvalue weighted by atomic mass is 9.99. The van der Waals surface area contributed by atoms with Crippen molar-refractivity contribution in [3.05, 3.63) is 52.8 Å². The van der Waals surface area contributed by atoms with Crippen molar-refractivity contribution in [1.29, 1.82) is 0 Å². The summed E-state index contributed by atoms with van der Waals surface area (Å²) in [7, 11) is 0. The smallest absolute Gasteiger partial charge is 0.319 e. The van der Waals surface area contributed by atoms with E-state index in [9.17, 15) is 9.18 Å². The number of carbonyl (C=O) groups excluding carboxylic acids is 1. The number of urea groups is 1. The molecule has 0 aromatic heterocycles. The van der Waals surface area contributed by atoms with E-state index < -0.39 is 11.8 Å². The number of amides is 2. The minimum absolute atomic E-state index is 0.151. The zero-order chi connectivity index (χ0) is 16.5. The molecule has 0 atom stereocenters. The summed E-state index contributed by atoms with van der Waals surface area (Å²) in [6.07, 6.45) is 1.65. The molecular formula is C18H17FN2O3. The Hall–Kier alpha value is -2.76. The van der Waals surface area contributed by atoms with Gasteiger partial charge >= 0.3 is 6.03 Å². The van der Waals surface area contributed by atoms with E-state index in [4.69, 9.17) is 9.47 Å². The van der Waals surface area contributed by atoms with Crippen molar-refractivity contribution < 1.29 is 18.7 Å². The number of nitrogens with one attached hydrogen (secondary N) is 2. The van der Waals surface area contributed by atoms with Crippen molar-refractivity contribution in [3.63, 3.8) is 0 Å². The fraction of sp³-hybridized carbons (Fsp3) is 0.278. The van der Waals surface area contributed by atoms with Crippen LogP contribution in [0.15, 0.2) is 30.3 Å². The van der Waals surface area contributed by atoms with E-state index in [1.807, 2.05) is 6.07 Å². The predicted octanol–water partition coefficient (Wildman–Crippen LogP) is 3.02. The number of benzene rings is 2. The van der Waals surface area contributed by atoms with Crippen LogP contribution in [0.1, 0.15) is 16.7 Å². The lowest BCUT2D eigenvalue weighted by Crippen LogP contribution is -2.29. The van der Waals surface area contributed by atoms with Gasteiger partial charge in [-0.05, 0) is 18.2 Å². The first kappa shape index (κ1) is 14.8. The minimum Gasteiger partial charge on any atom is -0.493 e. The molecule has 0 unspecified atom stereocenters. The molecule has 2 amide bonds. The Kier molecular flexibility index (Phi) is 3.72. The average molecular weight is 328 g/mol. The predicted molar refractivity (Wildman–Crippen MR) is 87.1 cm³/mol. The van der Waals surface area contributed by atoms with Gasteiger partial charge in [0.15, 0.2) is 0 Å². The second-order valence-corrected chi connectivity index (χ2v) is 5.80. The highest BCUT2D eigenvalue weighted by Gasteiger charge is 2.26. The van der Waals surface area contributed by atoms with Crippen LogP contribution in [0.4, 0.5) is 14.9 Å². The Morgan fingerprint density at radius 1 is 1.17 bits per heavy atom. The van der Waals surface area contributed by atoms with Gasteiger partial charge in [0.05, 0.1) is 18.9 Å². The van der Waals surface area contributed by atoms with Gasteiger partial charge in [0.25, 0.3) is 0 Å². The first-order valence-electron chi connectivity index (χ1n) is 7.95. The van der Waals surface area contributed by atoms with Crippen LogP contribution < -0.4 is 20.1 Å². The third kappa shape index (κ3) is 2.64. The molecule has 0 fully saturated rings. The van der Waals surface area contributed by atoms with Crippen molar-refractivity contribution in [2.75, 3.05) is 18.5 Å². The molecule has 0 spiro atoms. The number of carbonyl (C=O) groups is 1. The molecule has 0 saturated heterocycles. The lowest BCUT2D eigenvalue weighted by molar-refractivity contribution is 0.251. The van der Waals surface area contributed by atoms with E-state index in [1.54, 1.807) is 12.1 Å². The molecule has 2 aromatic carbocycles. The van der Waals surface area contributed by atoms with Gasteiger partial charge in [-0.1, -0.05) is 12.1 Å². The monoisotopic (exact) mass is 328 g/mol. The summed E-state index contributed by atoms with van der Waals surface area (Å²) in [5, 5.41) is 5.30. The van der Waals surface area contributed by atoms with Crippen LogP contribution in [0.5, 0.6) is 11.5 Å². The van der Waals surface area contributed by atoms with Gasteiger partial charge < -0.3 is 20.1 Å². The molecule has 5 nitrogen and oxygen atoms in total. The van der Waals surface area contributed by atoms with Crippen molar-refractivity contribution >= 4 is 11.7 Å². The molecule has 124 valence electrons. The van der Waals surface area contributed by atoms with Gasteiger partial charge in [0.2, 0.25) is 0 Å². The molecule has 0 saturated carbocycles. The normalized spacial score (nSPS) is 14.4. The molecule has 24 heavy (non-hydrogen) atoms. The molecule has 2 N–H and O–H groups in total. The Morgan fingerprint density at radius 3 is 2.88 bits per heavy atom. The molecule has 0 radical (unpaired) electrons. The molecule has 2 heterocycles. The molecular weight excluding hydrogens is 311 g/mol. The Bertz CT molecular complexity index is 775. The summed E-state index contributed by atoms with van der Waals surface area (Å²) in [5.41, 5.74) is 3.31. The quantitative estimate of drug-likeness (QED) is 0.910. The van der Waals surface area contributed by atoms with Gasteiger partial charge in [-0.25, -0.2) is 9.18 Å². The SMILES string of the molecule is O=C(NCc1c2c(cc3c1OCC3)OCC2)Nc1ccccc1F. The van der Waals surface area contributed by atoms with Crippen LogP contribution in [0.25, 0.3) is 0 Å². The largest absolute Gasteiger partial charge is 0.493 e. The molecule has 6 heteroatoms.